The molecule has 1 rings (SSSR count). The van der Waals surface area contributed by atoms with Crippen molar-refractivity contribution in [3.05, 3.63) is 23.5 Å². The lowest BCUT2D eigenvalue weighted by atomic mass is 10.1. The van der Waals surface area contributed by atoms with E-state index in [9.17, 15) is 9.18 Å². The second-order valence-electron chi connectivity index (χ2n) is 2.97. The zero-order valence-electron chi connectivity index (χ0n) is 8.29. The largest absolute Gasteiger partial charge is 0.505 e. The van der Waals surface area contributed by atoms with Crippen molar-refractivity contribution in [3.63, 3.8) is 0 Å². The number of nitrogens with two attached hydrogens (primary N) is 1. The minimum absolute atomic E-state index is 0.101. The fraction of sp³-hybridized carbons (Fsp3) is 0.300. The zero-order valence-corrected chi connectivity index (χ0v) is 8.29. The van der Waals surface area contributed by atoms with Gasteiger partial charge in [-0.25, -0.2) is 4.39 Å². The summed E-state index contributed by atoms with van der Waals surface area (Å²) in [6.45, 7) is 0.195. The molecular formula is C10H12FNO3. The Balaban J connectivity index is 3.15. The Hall–Kier alpha value is -1.62. The summed E-state index contributed by atoms with van der Waals surface area (Å²) in [6, 6.07) is 2.02. The molecular weight excluding hydrogens is 201 g/mol. The lowest BCUT2D eigenvalue weighted by Gasteiger charge is -2.08. The van der Waals surface area contributed by atoms with Crippen LogP contribution in [0.15, 0.2) is 12.1 Å². The van der Waals surface area contributed by atoms with Crippen LogP contribution >= 0.6 is 0 Å². The van der Waals surface area contributed by atoms with Gasteiger partial charge < -0.3 is 15.6 Å². The molecule has 5 heteroatoms. The average Bonchev–Trinajstić information content (AvgIpc) is 2.21. The number of hydrogen-bond acceptors (Lipinski definition) is 4. The number of carbonyl (C=O) groups is 1. The lowest BCUT2D eigenvalue weighted by molar-refractivity contribution is 0.0982. The average molecular weight is 213 g/mol. The van der Waals surface area contributed by atoms with Gasteiger partial charge in [0.25, 0.3) is 0 Å². The van der Waals surface area contributed by atoms with Crippen molar-refractivity contribution >= 4 is 5.78 Å². The number of methoxy groups -OCH3 is 1. The molecule has 3 N–H and O–H groups in total. The summed E-state index contributed by atoms with van der Waals surface area (Å²) in [7, 11) is 1.32. The van der Waals surface area contributed by atoms with Gasteiger partial charge in [-0.2, -0.15) is 0 Å². The number of hydrogen-bond donors (Lipinski definition) is 2. The Morgan fingerprint density at radius 1 is 1.60 bits per heavy atom. The standard InChI is InChI=1S/C10H12FNO3/c1-15-10-5-7(11)9(14)4-6(10)8(13)2-3-12/h4-5,14H,2-3,12H2,1H3. The molecule has 0 unspecified atom stereocenters. The van der Waals surface area contributed by atoms with Gasteiger partial charge >= 0.3 is 0 Å². The number of ether oxygens (including phenoxy) is 1. The van der Waals surface area contributed by atoms with Crippen molar-refractivity contribution < 1.29 is 19.0 Å². The monoisotopic (exact) mass is 213 g/mol. The predicted octanol–water partition coefficient (Wildman–Crippen LogP) is 1.07. The molecule has 1 aromatic rings. The highest BCUT2D eigenvalue weighted by atomic mass is 19.1. The number of halogens is 1. The molecule has 0 aromatic heterocycles. The molecule has 0 aliphatic rings. The van der Waals surface area contributed by atoms with Gasteiger partial charge in [0.05, 0.1) is 12.7 Å². The van der Waals surface area contributed by atoms with Crippen LogP contribution in [0.4, 0.5) is 4.39 Å². The summed E-state index contributed by atoms with van der Waals surface area (Å²) in [5.41, 5.74) is 5.37. The molecule has 0 saturated carbocycles. The fourth-order valence-corrected chi connectivity index (χ4v) is 1.20. The van der Waals surface area contributed by atoms with Crippen molar-refractivity contribution in [2.24, 2.45) is 5.73 Å². The summed E-state index contributed by atoms with van der Waals surface area (Å²) in [5.74, 6) is -1.58. The topological polar surface area (TPSA) is 72.5 Å². The molecule has 15 heavy (non-hydrogen) atoms. The van der Waals surface area contributed by atoms with Crippen LogP contribution in [0.3, 0.4) is 0 Å². The minimum atomic E-state index is -0.823. The zero-order chi connectivity index (χ0) is 11.4. The van der Waals surface area contributed by atoms with Crippen molar-refractivity contribution in [1.29, 1.82) is 0 Å². The van der Waals surface area contributed by atoms with Gasteiger partial charge in [-0.3, -0.25) is 4.79 Å². The van der Waals surface area contributed by atoms with Crippen LogP contribution in [0.2, 0.25) is 0 Å². The molecule has 0 saturated heterocycles. The normalized spacial score (nSPS) is 10.1. The highest BCUT2D eigenvalue weighted by Gasteiger charge is 2.15. The Morgan fingerprint density at radius 3 is 2.80 bits per heavy atom. The number of rotatable bonds is 4. The molecule has 0 atom stereocenters. The van der Waals surface area contributed by atoms with Crippen molar-refractivity contribution in [3.8, 4) is 11.5 Å². The van der Waals surface area contributed by atoms with Crippen LogP contribution in [-0.4, -0.2) is 24.5 Å². The van der Waals surface area contributed by atoms with Gasteiger partial charge in [0, 0.05) is 12.5 Å². The Bertz CT molecular complexity index is 379. The van der Waals surface area contributed by atoms with Gasteiger partial charge in [-0.1, -0.05) is 0 Å². The summed E-state index contributed by atoms with van der Waals surface area (Å²) < 4.78 is 17.8. The van der Waals surface area contributed by atoms with Crippen molar-refractivity contribution in [2.45, 2.75) is 6.42 Å². The fourth-order valence-electron chi connectivity index (χ4n) is 1.20. The van der Waals surface area contributed by atoms with Gasteiger partial charge in [-0.15, -0.1) is 0 Å². The maximum atomic E-state index is 12.9. The summed E-state index contributed by atoms with van der Waals surface area (Å²) in [4.78, 5) is 11.5. The van der Waals surface area contributed by atoms with E-state index in [-0.39, 0.29) is 30.1 Å². The van der Waals surface area contributed by atoms with E-state index >= 15 is 0 Å². The van der Waals surface area contributed by atoms with Gasteiger partial charge in [0.1, 0.15) is 5.75 Å². The highest BCUT2D eigenvalue weighted by molar-refractivity contribution is 5.99. The highest BCUT2D eigenvalue weighted by Crippen LogP contribution is 2.27. The van der Waals surface area contributed by atoms with E-state index in [1.807, 2.05) is 0 Å². The van der Waals surface area contributed by atoms with Crippen LogP contribution in [0.1, 0.15) is 16.8 Å². The first kappa shape index (κ1) is 11.5. The predicted molar refractivity (Wildman–Crippen MR) is 52.6 cm³/mol. The van der Waals surface area contributed by atoms with Gasteiger partial charge in [0.2, 0.25) is 0 Å². The van der Waals surface area contributed by atoms with E-state index in [0.29, 0.717) is 0 Å². The number of carbonyl (C=O) groups excluding carboxylic acids is 1. The SMILES string of the molecule is COc1cc(F)c(O)cc1C(=O)CCN. The van der Waals surface area contributed by atoms with E-state index < -0.39 is 11.6 Å². The quantitative estimate of drug-likeness (QED) is 0.734. The summed E-state index contributed by atoms with van der Waals surface area (Å²) >= 11 is 0. The number of ketones is 1. The van der Waals surface area contributed by atoms with E-state index in [0.717, 1.165) is 12.1 Å². The third kappa shape index (κ3) is 2.44. The molecule has 4 nitrogen and oxygen atoms in total. The first-order valence-corrected chi connectivity index (χ1v) is 4.40. The molecule has 0 spiro atoms. The molecule has 1 aromatic carbocycles. The van der Waals surface area contributed by atoms with Crippen molar-refractivity contribution in [1.82, 2.24) is 0 Å². The maximum Gasteiger partial charge on any atom is 0.168 e. The summed E-state index contributed by atoms with van der Waals surface area (Å²) in [5, 5.41) is 9.12. The minimum Gasteiger partial charge on any atom is -0.505 e. The number of phenols is 1. The number of Topliss-reactive ketones (excluding diaryl/α,β-unsaturated/α-hetero) is 1. The Morgan fingerprint density at radius 2 is 2.27 bits per heavy atom. The molecule has 0 aliphatic carbocycles. The molecule has 0 aliphatic heterocycles. The van der Waals surface area contributed by atoms with E-state index in [1.54, 1.807) is 0 Å². The smallest absolute Gasteiger partial charge is 0.168 e. The van der Waals surface area contributed by atoms with Crippen LogP contribution < -0.4 is 10.5 Å². The van der Waals surface area contributed by atoms with E-state index in [2.05, 4.69) is 0 Å². The van der Waals surface area contributed by atoms with Crippen LogP contribution in [-0.2, 0) is 0 Å². The molecule has 0 fully saturated rings. The first-order valence-electron chi connectivity index (χ1n) is 4.40. The van der Waals surface area contributed by atoms with Gasteiger partial charge in [-0.05, 0) is 12.6 Å². The van der Waals surface area contributed by atoms with Gasteiger partial charge in [0.15, 0.2) is 17.3 Å². The third-order valence-electron chi connectivity index (χ3n) is 1.94. The maximum absolute atomic E-state index is 12.9. The molecule has 82 valence electrons. The number of aromatic hydroxyl groups is 1. The summed E-state index contributed by atoms with van der Waals surface area (Å²) in [6.07, 6.45) is 0.126. The van der Waals surface area contributed by atoms with Crippen molar-refractivity contribution in [2.75, 3.05) is 13.7 Å². The van der Waals surface area contributed by atoms with Crippen LogP contribution in [0.25, 0.3) is 0 Å². The second kappa shape index (κ2) is 4.75. The Labute approximate surface area is 86.5 Å². The molecule has 0 amide bonds. The van der Waals surface area contributed by atoms with E-state index in [1.165, 1.54) is 7.11 Å². The van der Waals surface area contributed by atoms with E-state index in [4.69, 9.17) is 15.6 Å². The molecule has 0 heterocycles. The Kier molecular flexibility index (Phi) is 3.62. The first-order chi connectivity index (χ1) is 7.10. The molecule has 0 bridgehead atoms. The second-order valence-corrected chi connectivity index (χ2v) is 2.97. The number of benzene rings is 1. The number of phenolic OH excluding ortho intramolecular Hbond substituents is 1. The third-order valence-corrected chi connectivity index (χ3v) is 1.94. The van der Waals surface area contributed by atoms with Crippen LogP contribution in [0, 0.1) is 5.82 Å². The van der Waals surface area contributed by atoms with Crippen LogP contribution in [0.5, 0.6) is 11.5 Å². The molecule has 0 radical (unpaired) electrons. The lowest BCUT2D eigenvalue weighted by Crippen LogP contribution is -2.09.